The highest BCUT2D eigenvalue weighted by Gasteiger charge is 2.14. The van der Waals surface area contributed by atoms with Crippen molar-refractivity contribution in [2.24, 2.45) is 7.05 Å². The van der Waals surface area contributed by atoms with Crippen LogP contribution >= 0.6 is 11.8 Å². The smallest absolute Gasteiger partial charge is 0.117 e. The van der Waals surface area contributed by atoms with Gasteiger partial charge in [-0.15, -0.1) is 11.8 Å². The van der Waals surface area contributed by atoms with Gasteiger partial charge < -0.3 is 15.9 Å². The van der Waals surface area contributed by atoms with Crippen LogP contribution in [-0.4, -0.2) is 38.5 Å². The molecule has 6 heteroatoms. The Balaban J connectivity index is 2.72. The van der Waals surface area contributed by atoms with Crippen molar-refractivity contribution in [3.05, 3.63) is 5.69 Å². The van der Waals surface area contributed by atoms with Crippen molar-refractivity contribution in [1.82, 2.24) is 9.78 Å². The Kier molecular flexibility index (Phi) is 5.11. The summed E-state index contributed by atoms with van der Waals surface area (Å²) >= 11 is 1.42. The number of aliphatic hydroxyl groups is 2. The molecule has 4 N–H and O–H groups in total. The zero-order valence-corrected chi connectivity index (χ0v) is 10.5. The van der Waals surface area contributed by atoms with E-state index in [-0.39, 0.29) is 6.61 Å². The molecule has 1 unspecified atom stereocenters. The average molecular weight is 245 g/mol. The lowest BCUT2D eigenvalue weighted by atomic mass is 10.2. The van der Waals surface area contributed by atoms with Gasteiger partial charge in [-0.05, 0) is 6.42 Å². The third kappa shape index (κ3) is 3.13. The number of hydrogen-bond acceptors (Lipinski definition) is 5. The highest BCUT2D eigenvalue weighted by atomic mass is 32.2. The molecule has 92 valence electrons. The first-order valence-corrected chi connectivity index (χ1v) is 6.31. The zero-order chi connectivity index (χ0) is 12.1. The van der Waals surface area contributed by atoms with Crippen LogP contribution in [0.5, 0.6) is 0 Å². The van der Waals surface area contributed by atoms with Gasteiger partial charge >= 0.3 is 0 Å². The highest BCUT2D eigenvalue weighted by molar-refractivity contribution is 7.99. The van der Waals surface area contributed by atoms with Crippen molar-refractivity contribution >= 4 is 17.4 Å². The van der Waals surface area contributed by atoms with E-state index in [1.165, 1.54) is 11.8 Å². The number of anilines is 1. The number of aliphatic hydroxyl groups excluding tert-OH is 2. The lowest BCUT2D eigenvalue weighted by Crippen LogP contribution is -2.15. The molecular formula is C10H19N3O2S. The molecule has 16 heavy (non-hydrogen) atoms. The number of hydrogen-bond donors (Lipinski definition) is 3. The minimum absolute atomic E-state index is 0.230. The van der Waals surface area contributed by atoms with E-state index < -0.39 is 6.10 Å². The van der Waals surface area contributed by atoms with E-state index in [0.717, 1.165) is 23.6 Å². The zero-order valence-electron chi connectivity index (χ0n) is 9.68. The van der Waals surface area contributed by atoms with Crippen LogP contribution < -0.4 is 5.73 Å². The summed E-state index contributed by atoms with van der Waals surface area (Å²) in [5, 5.41) is 23.2. The third-order valence-electron chi connectivity index (χ3n) is 2.22. The first kappa shape index (κ1) is 13.3. The van der Waals surface area contributed by atoms with Crippen LogP contribution in [0.15, 0.2) is 5.03 Å². The molecule has 0 aliphatic rings. The van der Waals surface area contributed by atoms with Crippen LogP contribution in [-0.2, 0) is 13.5 Å². The molecule has 0 aromatic carbocycles. The summed E-state index contributed by atoms with van der Waals surface area (Å²) in [5.41, 5.74) is 7.57. The number of aromatic nitrogens is 2. The molecule has 0 saturated heterocycles. The Labute approximate surface area is 99.6 Å². The number of thioether (sulfide) groups is 1. The van der Waals surface area contributed by atoms with Crippen LogP contribution in [0.25, 0.3) is 0 Å². The monoisotopic (exact) mass is 245 g/mol. The molecule has 0 amide bonds. The Morgan fingerprint density at radius 2 is 2.25 bits per heavy atom. The van der Waals surface area contributed by atoms with Gasteiger partial charge in [0.25, 0.3) is 0 Å². The fraction of sp³-hybridized carbons (Fsp3) is 0.700. The van der Waals surface area contributed by atoms with Crippen LogP contribution in [0.3, 0.4) is 0 Å². The van der Waals surface area contributed by atoms with Crippen LogP contribution in [0.4, 0.5) is 5.69 Å². The quantitative estimate of drug-likeness (QED) is 0.632. The maximum Gasteiger partial charge on any atom is 0.117 e. The lowest BCUT2D eigenvalue weighted by molar-refractivity contribution is 0.113. The predicted molar refractivity (Wildman–Crippen MR) is 65.4 cm³/mol. The van der Waals surface area contributed by atoms with Gasteiger partial charge in [0, 0.05) is 12.8 Å². The Bertz CT molecular complexity index is 341. The van der Waals surface area contributed by atoms with Gasteiger partial charge in [-0.1, -0.05) is 13.3 Å². The van der Waals surface area contributed by atoms with Gasteiger partial charge in [-0.25, -0.2) is 0 Å². The van der Waals surface area contributed by atoms with Crippen molar-refractivity contribution in [1.29, 1.82) is 0 Å². The van der Waals surface area contributed by atoms with Crippen molar-refractivity contribution in [2.75, 3.05) is 18.1 Å². The van der Waals surface area contributed by atoms with E-state index in [4.69, 9.17) is 10.8 Å². The molecule has 1 rings (SSSR count). The fourth-order valence-corrected chi connectivity index (χ4v) is 2.36. The van der Waals surface area contributed by atoms with Gasteiger partial charge in [0.15, 0.2) is 0 Å². The summed E-state index contributed by atoms with van der Waals surface area (Å²) in [6.07, 6.45) is 1.15. The summed E-state index contributed by atoms with van der Waals surface area (Å²) in [5.74, 6) is 0.422. The second kappa shape index (κ2) is 6.12. The number of nitrogens with zero attached hydrogens (tertiary/aromatic N) is 2. The van der Waals surface area contributed by atoms with Crippen molar-refractivity contribution in [2.45, 2.75) is 30.9 Å². The molecule has 0 aliphatic carbocycles. The minimum atomic E-state index is -0.714. The first-order chi connectivity index (χ1) is 7.60. The largest absolute Gasteiger partial charge is 0.395 e. The normalized spacial score (nSPS) is 13.0. The number of nitrogen functional groups attached to an aromatic ring is 1. The van der Waals surface area contributed by atoms with Crippen LogP contribution in [0, 0.1) is 0 Å². The topological polar surface area (TPSA) is 84.3 Å². The minimum Gasteiger partial charge on any atom is -0.395 e. The van der Waals surface area contributed by atoms with E-state index in [1.54, 1.807) is 4.68 Å². The third-order valence-corrected chi connectivity index (χ3v) is 3.52. The number of aryl methyl sites for hydroxylation is 2. The van der Waals surface area contributed by atoms with Crippen molar-refractivity contribution in [3.8, 4) is 0 Å². The summed E-state index contributed by atoms with van der Waals surface area (Å²) in [6.45, 7) is 1.85. The van der Waals surface area contributed by atoms with Crippen LogP contribution in [0.2, 0.25) is 0 Å². The molecule has 1 aromatic rings. The van der Waals surface area contributed by atoms with E-state index in [0.29, 0.717) is 11.4 Å². The van der Waals surface area contributed by atoms with Crippen molar-refractivity contribution in [3.63, 3.8) is 0 Å². The van der Waals surface area contributed by atoms with E-state index in [2.05, 4.69) is 12.0 Å². The molecule has 0 bridgehead atoms. The van der Waals surface area contributed by atoms with Gasteiger partial charge in [0.1, 0.15) is 5.03 Å². The molecule has 1 aromatic heterocycles. The second-order valence-electron chi connectivity index (χ2n) is 3.69. The van der Waals surface area contributed by atoms with Gasteiger partial charge in [0.05, 0.1) is 24.1 Å². The molecule has 0 radical (unpaired) electrons. The molecule has 0 spiro atoms. The summed E-state index contributed by atoms with van der Waals surface area (Å²) in [4.78, 5) is 0. The number of rotatable bonds is 6. The summed E-state index contributed by atoms with van der Waals surface area (Å²) in [6, 6.07) is 0. The Morgan fingerprint density at radius 3 is 2.81 bits per heavy atom. The molecule has 1 heterocycles. The molecule has 1 atom stereocenters. The average Bonchev–Trinajstić information content (AvgIpc) is 2.52. The van der Waals surface area contributed by atoms with Gasteiger partial charge in [0.2, 0.25) is 0 Å². The molecule has 0 aliphatic heterocycles. The lowest BCUT2D eigenvalue weighted by Gasteiger charge is -2.07. The van der Waals surface area contributed by atoms with Crippen LogP contribution in [0.1, 0.15) is 19.0 Å². The van der Waals surface area contributed by atoms with E-state index in [9.17, 15) is 5.11 Å². The van der Waals surface area contributed by atoms with Gasteiger partial charge in [-0.3, -0.25) is 4.68 Å². The maximum atomic E-state index is 9.27. The highest BCUT2D eigenvalue weighted by Crippen LogP contribution is 2.28. The first-order valence-electron chi connectivity index (χ1n) is 5.33. The molecule has 5 nitrogen and oxygen atoms in total. The molecular weight excluding hydrogens is 226 g/mol. The second-order valence-corrected chi connectivity index (χ2v) is 4.70. The summed E-state index contributed by atoms with van der Waals surface area (Å²) in [7, 11) is 1.84. The molecule has 0 fully saturated rings. The molecule has 0 saturated carbocycles. The maximum absolute atomic E-state index is 9.27. The fourth-order valence-electron chi connectivity index (χ4n) is 1.40. The van der Waals surface area contributed by atoms with E-state index in [1.807, 2.05) is 7.05 Å². The standard InChI is InChI=1S/C10H19N3O2S/c1-3-4-8-9(11)10(13(2)12-8)16-6-7(15)5-14/h7,14-15H,3-6,11H2,1-2H3. The number of nitrogens with two attached hydrogens (primary N) is 1. The SMILES string of the molecule is CCCc1nn(C)c(SCC(O)CO)c1N. The predicted octanol–water partition coefficient (Wildman–Crippen LogP) is 0.400. The summed E-state index contributed by atoms with van der Waals surface area (Å²) < 4.78 is 1.73. The van der Waals surface area contributed by atoms with E-state index >= 15 is 0 Å². The van der Waals surface area contributed by atoms with Gasteiger partial charge in [-0.2, -0.15) is 5.10 Å². The Morgan fingerprint density at radius 1 is 1.56 bits per heavy atom. The Hall–Kier alpha value is -0.720. The van der Waals surface area contributed by atoms with Crippen molar-refractivity contribution < 1.29 is 10.2 Å².